The standard InChI is InChI=1S/C12H8Cl2N4O3/c13-7-3-9(18(19)20)10(4-8(7)14)21-11-2-1-6(5-17-11)12(15)16/h1-5H,(H3,15,16). The van der Waals surface area contributed by atoms with Crippen molar-refractivity contribution in [2.75, 3.05) is 0 Å². The van der Waals surface area contributed by atoms with Crippen molar-refractivity contribution in [3.63, 3.8) is 0 Å². The van der Waals surface area contributed by atoms with Gasteiger partial charge >= 0.3 is 5.69 Å². The molecule has 7 nitrogen and oxygen atoms in total. The van der Waals surface area contributed by atoms with Crippen molar-refractivity contribution in [2.45, 2.75) is 0 Å². The summed E-state index contributed by atoms with van der Waals surface area (Å²) >= 11 is 11.6. The number of nitro benzene ring substituents is 1. The van der Waals surface area contributed by atoms with Crippen LogP contribution in [0, 0.1) is 15.5 Å². The maximum absolute atomic E-state index is 11.0. The van der Waals surface area contributed by atoms with Gasteiger partial charge in [-0.05, 0) is 6.07 Å². The van der Waals surface area contributed by atoms with E-state index in [-0.39, 0.29) is 33.2 Å². The molecule has 0 amide bonds. The highest BCUT2D eigenvalue weighted by Gasteiger charge is 2.19. The lowest BCUT2D eigenvalue weighted by Gasteiger charge is -2.07. The van der Waals surface area contributed by atoms with Gasteiger partial charge in [0.25, 0.3) is 0 Å². The number of hydrogen-bond acceptors (Lipinski definition) is 5. The minimum Gasteiger partial charge on any atom is -0.432 e. The van der Waals surface area contributed by atoms with Gasteiger partial charge in [0, 0.05) is 30.0 Å². The number of nitrogens with zero attached hydrogens (tertiary/aromatic N) is 2. The number of amidine groups is 1. The van der Waals surface area contributed by atoms with Gasteiger partial charge in [0.2, 0.25) is 11.6 Å². The Kier molecular flexibility index (Phi) is 4.25. The molecule has 3 N–H and O–H groups in total. The Labute approximate surface area is 128 Å². The van der Waals surface area contributed by atoms with Gasteiger partial charge in [-0.25, -0.2) is 4.98 Å². The van der Waals surface area contributed by atoms with Gasteiger partial charge in [-0.15, -0.1) is 0 Å². The second-order valence-electron chi connectivity index (χ2n) is 3.89. The van der Waals surface area contributed by atoms with Crippen LogP contribution in [0.2, 0.25) is 10.0 Å². The van der Waals surface area contributed by atoms with Gasteiger partial charge in [-0.3, -0.25) is 15.5 Å². The molecule has 0 aliphatic heterocycles. The molecule has 0 saturated carbocycles. The second kappa shape index (κ2) is 5.94. The number of nitrogens with one attached hydrogen (secondary N) is 1. The molecule has 1 aromatic carbocycles. The first kappa shape index (κ1) is 15.0. The van der Waals surface area contributed by atoms with E-state index < -0.39 is 4.92 Å². The Balaban J connectivity index is 2.36. The smallest absolute Gasteiger partial charge is 0.313 e. The molecule has 0 atom stereocenters. The summed E-state index contributed by atoms with van der Waals surface area (Å²) in [6.07, 6.45) is 1.32. The third-order valence-corrected chi connectivity index (χ3v) is 3.18. The molecule has 0 spiro atoms. The number of nitro groups is 1. The number of rotatable bonds is 4. The molecule has 108 valence electrons. The fourth-order valence-corrected chi connectivity index (χ4v) is 1.77. The first-order chi connectivity index (χ1) is 9.88. The minimum absolute atomic E-state index is 0.0515. The van der Waals surface area contributed by atoms with Crippen molar-refractivity contribution in [1.29, 1.82) is 5.41 Å². The molecule has 0 saturated heterocycles. The summed E-state index contributed by atoms with van der Waals surface area (Å²) in [5.41, 5.74) is 5.37. The molecule has 1 aromatic heterocycles. The van der Waals surface area contributed by atoms with Crippen molar-refractivity contribution in [3.05, 3.63) is 56.2 Å². The topological polar surface area (TPSA) is 115 Å². The second-order valence-corrected chi connectivity index (χ2v) is 4.71. The molecule has 1 heterocycles. The summed E-state index contributed by atoms with van der Waals surface area (Å²) in [4.78, 5) is 14.2. The zero-order chi connectivity index (χ0) is 15.6. The summed E-state index contributed by atoms with van der Waals surface area (Å²) in [6.45, 7) is 0. The molecular weight excluding hydrogens is 319 g/mol. The predicted octanol–water partition coefficient (Wildman–Crippen LogP) is 3.37. The summed E-state index contributed by atoms with van der Waals surface area (Å²) in [5.74, 6) is -0.131. The van der Waals surface area contributed by atoms with E-state index in [1.807, 2.05) is 0 Å². The van der Waals surface area contributed by atoms with Gasteiger partial charge in [-0.2, -0.15) is 0 Å². The first-order valence-electron chi connectivity index (χ1n) is 5.50. The zero-order valence-electron chi connectivity index (χ0n) is 10.3. The van der Waals surface area contributed by atoms with Gasteiger partial charge in [0.05, 0.1) is 15.0 Å². The third-order valence-electron chi connectivity index (χ3n) is 2.46. The zero-order valence-corrected chi connectivity index (χ0v) is 11.9. The molecule has 2 aromatic rings. The van der Waals surface area contributed by atoms with E-state index >= 15 is 0 Å². The highest BCUT2D eigenvalue weighted by Crippen LogP contribution is 2.37. The van der Waals surface area contributed by atoms with E-state index in [0.29, 0.717) is 5.56 Å². The molecule has 9 heteroatoms. The number of hydrogen-bond donors (Lipinski definition) is 2. The highest BCUT2D eigenvalue weighted by molar-refractivity contribution is 6.42. The number of benzene rings is 1. The maximum atomic E-state index is 11.0. The minimum atomic E-state index is -0.637. The number of nitrogens with two attached hydrogens (primary N) is 1. The van der Waals surface area contributed by atoms with Gasteiger partial charge in [0.1, 0.15) is 5.84 Å². The van der Waals surface area contributed by atoms with Crippen molar-refractivity contribution in [3.8, 4) is 11.6 Å². The van der Waals surface area contributed by atoms with Crippen LogP contribution < -0.4 is 10.5 Å². The largest absolute Gasteiger partial charge is 0.432 e. The Morgan fingerprint density at radius 2 is 2.00 bits per heavy atom. The Bertz CT molecular complexity index is 719. The van der Waals surface area contributed by atoms with Crippen molar-refractivity contribution in [2.24, 2.45) is 5.73 Å². The number of ether oxygens (including phenoxy) is 1. The number of halogens is 2. The SMILES string of the molecule is N=C(N)c1ccc(Oc2cc(Cl)c(Cl)cc2[N+](=O)[O-])nc1. The molecule has 0 aliphatic rings. The van der Waals surface area contributed by atoms with Crippen LogP contribution in [0.15, 0.2) is 30.5 Å². The molecule has 0 radical (unpaired) electrons. The van der Waals surface area contributed by atoms with Gasteiger partial charge in [-0.1, -0.05) is 23.2 Å². The lowest BCUT2D eigenvalue weighted by atomic mass is 10.2. The van der Waals surface area contributed by atoms with Crippen LogP contribution in [-0.2, 0) is 0 Å². The molecule has 2 rings (SSSR count). The lowest BCUT2D eigenvalue weighted by molar-refractivity contribution is -0.385. The summed E-state index contributed by atoms with van der Waals surface area (Å²) in [5, 5.41) is 18.4. The number of aromatic nitrogens is 1. The maximum Gasteiger partial charge on any atom is 0.313 e. The Morgan fingerprint density at radius 1 is 1.33 bits per heavy atom. The fraction of sp³-hybridized carbons (Fsp3) is 0. The Morgan fingerprint density at radius 3 is 2.52 bits per heavy atom. The van der Waals surface area contributed by atoms with E-state index in [1.54, 1.807) is 0 Å². The van der Waals surface area contributed by atoms with Crippen LogP contribution in [0.25, 0.3) is 0 Å². The molecule has 0 aliphatic carbocycles. The highest BCUT2D eigenvalue weighted by atomic mass is 35.5. The quantitative estimate of drug-likeness (QED) is 0.386. The van der Waals surface area contributed by atoms with Crippen molar-refractivity contribution < 1.29 is 9.66 Å². The van der Waals surface area contributed by atoms with Crippen LogP contribution in [0.5, 0.6) is 11.6 Å². The summed E-state index contributed by atoms with van der Waals surface area (Å²) < 4.78 is 5.33. The van der Waals surface area contributed by atoms with Crippen LogP contribution in [0.1, 0.15) is 5.56 Å². The molecule has 0 bridgehead atoms. The van der Waals surface area contributed by atoms with Gasteiger partial charge < -0.3 is 10.5 Å². The average Bonchev–Trinajstić information content (AvgIpc) is 2.43. The van der Waals surface area contributed by atoms with Crippen LogP contribution in [0.4, 0.5) is 5.69 Å². The number of nitrogen functional groups attached to an aromatic ring is 1. The van der Waals surface area contributed by atoms with E-state index in [2.05, 4.69) is 4.98 Å². The third kappa shape index (κ3) is 3.39. The van der Waals surface area contributed by atoms with Crippen LogP contribution in [0.3, 0.4) is 0 Å². The fourth-order valence-electron chi connectivity index (χ4n) is 1.46. The first-order valence-corrected chi connectivity index (χ1v) is 6.26. The molecule has 0 unspecified atom stereocenters. The predicted molar refractivity (Wildman–Crippen MR) is 78.4 cm³/mol. The van der Waals surface area contributed by atoms with Crippen LogP contribution in [-0.4, -0.2) is 15.7 Å². The van der Waals surface area contributed by atoms with Crippen molar-refractivity contribution >= 4 is 34.7 Å². The van der Waals surface area contributed by atoms with Crippen LogP contribution >= 0.6 is 23.2 Å². The monoisotopic (exact) mass is 326 g/mol. The van der Waals surface area contributed by atoms with E-state index in [0.717, 1.165) is 6.07 Å². The Hall–Kier alpha value is -2.38. The van der Waals surface area contributed by atoms with E-state index in [4.69, 9.17) is 39.1 Å². The van der Waals surface area contributed by atoms with E-state index in [9.17, 15) is 10.1 Å². The van der Waals surface area contributed by atoms with E-state index in [1.165, 1.54) is 24.4 Å². The van der Waals surface area contributed by atoms with Gasteiger partial charge in [0.15, 0.2) is 0 Å². The summed E-state index contributed by atoms with van der Waals surface area (Å²) in [7, 11) is 0. The molecule has 21 heavy (non-hydrogen) atoms. The molecular formula is C12H8Cl2N4O3. The molecule has 0 fully saturated rings. The average molecular weight is 327 g/mol. The van der Waals surface area contributed by atoms with Crippen molar-refractivity contribution in [1.82, 2.24) is 4.98 Å². The normalized spacial score (nSPS) is 10.2. The number of pyridine rings is 1. The lowest BCUT2D eigenvalue weighted by Crippen LogP contribution is -2.11. The summed E-state index contributed by atoms with van der Waals surface area (Å²) in [6, 6.07) is 5.28.